The molecule has 0 unspecified atom stereocenters. The van der Waals surface area contributed by atoms with Crippen LogP contribution in [0.4, 0.5) is 10.1 Å². The largest absolute Gasteiger partial charge is 0.496 e. The number of aryl methyl sites for hydroxylation is 1. The minimum Gasteiger partial charge on any atom is -0.496 e. The maximum Gasteiger partial charge on any atom is 0.318 e. The van der Waals surface area contributed by atoms with Crippen LogP contribution in [0.25, 0.3) is 6.08 Å². The zero-order valence-corrected chi connectivity index (χ0v) is 17.3. The van der Waals surface area contributed by atoms with Crippen molar-refractivity contribution in [3.05, 3.63) is 86.4 Å². The standard InChI is InChI=1S/C21H17ClFN3O5/c1-25-11-18(26(28)29)21(24-25)19(27)7-3-13-4-8-20(30-2)14(9-13)12-31-15-5-6-17(23)16(22)10-15/h3-11H,12H2,1-2H3/b7-3+. The Hall–Kier alpha value is -3.72. The van der Waals surface area contributed by atoms with E-state index in [1.54, 1.807) is 18.2 Å². The van der Waals surface area contributed by atoms with Crippen molar-refractivity contribution in [1.82, 2.24) is 9.78 Å². The van der Waals surface area contributed by atoms with Crippen molar-refractivity contribution in [2.45, 2.75) is 6.61 Å². The number of rotatable bonds is 8. The molecule has 0 saturated heterocycles. The highest BCUT2D eigenvalue weighted by molar-refractivity contribution is 6.30. The van der Waals surface area contributed by atoms with E-state index in [-0.39, 0.29) is 23.0 Å². The number of nitro groups is 1. The zero-order chi connectivity index (χ0) is 22.5. The second-order valence-corrected chi connectivity index (χ2v) is 6.83. The molecule has 8 nitrogen and oxygen atoms in total. The van der Waals surface area contributed by atoms with Crippen LogP contribution in [-0.4, -0.2) is 27.6 Å². The Kier molecular flexibility index (Phi) is 6.66. The van der Waals surface area contributed by atoms with Gasteiger partial charge in [0.25, 0.3) is 0 Å². The molecule has 3 aromatic rings. The molecule has 0 fully saturated rings. The van der Waals surface area contributed by atoms with Crippen molar-refractivity contribution in [1.29, 1.82) is 0 Å². The Morgan fingerprint density at radius 3 is 2.77 bits per heavy atom. The average Bonchev–Trinajstić information content (AvgIpc) is 3.15. The summed E-state index contributed by atoms with van der Waals surface area (Å²) in [7, 11) is 3.00. The highest BCUT2D eigenvalue weighted by atomic mass is 35.5. The highest BCUT2D eigenvalue weighted by Gasteiger charge is 2.23. The van der Waals surface area contributed by atoms with Gasteiger partial charge in [0.1, 0.15) is 30.1 Å². The van der Waals surface area contributed by atoms with E-state index < -0.39 is 16.5 Å². The summed E-state index contributed by atoms with van der Waals surface area (Å²) in [6.45, 7) is 0.104. The molecule has 3 rings (SSSR count). The number of carbonyl (C=O) groups is 1. The number of aromatic nitrogens is 2. The van der Waals surface area contributed by atoms with E-state index in [1.807, 2.05) is 0 Å². The third-order valence-corrected chi connectivity index (χ3v) is 4.55. The van der Waals surface area contributed by atoms with E-state index in [0.717, 1.165) is 0 Å². The van der Waals surface area contributed by atoms with Gasteiger partial charge in [-0.2, -0.15) is 5.10 Å². The van der Waals surface area contributed by atoms with Crippen molar-refractivity contribution < 1.29 is 23.6 Å². The normalized spacial score (nSPS) is 11.0. The first-order valence-corrected chi connectivity index (χ1v) is 9.31. The summed E-state index contributed by atoms with van der Waals surface area (Å²) in [6, 6.07) is 9.18. The van der Waals surface area contributed by atoms with Gasteiger partial charge < -0.3 is 9.47 Å². The molecule has 0 radical (unpaired) electrons. The minimum atomic E-state index is -0.654. The molecule has 0 N–H and O–H groups in total. The monoisotopic (exact) mass is 445 g/mol. The summed E-state index contributed by atoms with van der Waals surface area (Å²) in [4.78, 5) is 22.8. The Bertz CT molecular complexity index is 1180. The first-order valence-electron chi connectivity index (χ1n) is 8.93. The first kappa shape index (κ1) is 22.0. The molecule has 0 atom stereocenters. The minimum absolute atomic E-state index is 0.0525. The maximum absolute atomic E-state index is 13.3. The van der Waals surface area contributed by atoms with Crippen molar-refractivity contribution in [2.75, 3.05) is 7.11 Å². The molecule has 0 aliphatic carbocycles. The van der Waals surface area contributed by atoms with E-state index in [9.17, 15) is 19.3 Å². The number of methoxy groups -OCH3 is 1. The van der Waals surface area contributed by atoms with Crippen molar-refractivity contribution in [2.24, 2.45) is 7.05 Å². The molecule has 31 heavy (non-hydrogen) atoms. The Morgan fingerprint density at radius 2 is 2.10 bits per heavy atom. The molecule has 1 aromatic heterocycles. The molecule has 160 valence electrons. The van der Waals surface area contributed by atoms with Gasteiger partial charge in [-0.05, 0) is 35.9 Å². The number of halogens is 2. The summed E-state index contributed by atoms with van der Waals surface area (Å²) in [5.41, 5.74) is 0.706. The third kappa shape index (κ3) is 5.26. The van der Waals surface area contributed by atoms with Crippen LogP contribution in [-0.2, 0) is 13.7 Å². The number of allylic oxidation sites excluding steroid dienone is 1. The van der Waals surface area contributed by atoms with Crippen LogP contribution in [0.1, 0.15) is 21.6 Å². The number of hydrogen-bond donors (Lipinski definition) is 0. The summed E-state index contributed by atoms with van der Waals surface area (Å²) >= 11 is 5.76. The molecular formula is C21H17ClFN3O5. The van der Waals surface area contributed by atoms with E-state index in [4.69, 9.17) is 21.1 Å². The third-order valence-electron chi connectivity index (χ3n) is 4.26. The quantitative estimate of drug-likeness (QED) is 0.217. The number of ketones is 1. The molecule has 1 heterocycles. The van der Waals surface area contributed by atoms with Crippen LogP contribution in [0.15, 0.2) is 48.7 Å². The van der Waals surface area contributed by atoms with E-state index >= 15 is 0 Å². The van der Waals surface area contributed by atoms with Crippen LogP contribution in [0.3, 0.4) is 0 Å². The molecular weight excluding hydrogens is 429 g/mol. The van der Waals surface area contributed by atoms with Gasteiger partial charge in [0.15, 0.2) is 0 Å². The summed E-state index contributed by atoms with van der Waals surface area (Å²) in [5.74, 6) is -0.206. The van der Waals surface area contributed by atoms with Crippen molar-refractivity contribution in [3.63, 3.8) is 0 Å². The number of hydrogen-bond acceptors (Lipinski definition) is 6. The zero-order valence-electron chi connectivity index (χ0n) is 16.5. The second-order valence-electron chi connectivity index (χ2n) is 6.43. The highest BCUT2D eigenvalue weighted by Crippen LogP contribution is 2.26. The predicted molar refractivity (Wildman–Crippen MR) is 112 cm³/mol. The van der Waals surface area contributed by atoms with E-state index in [1.165, 1.54) is 55.4 Å². The SMILES string of the molecule is COc1ccc(/C=C/C(=O)c2nn(C)cc2[N+](=O)[O-])cc1COc1ccc(F)c(Cl)c1. The Balaban J connectivity index is 1.79. The lowest BCUT2D eigenvalue weighted by Crippen LogP contribution is -2.01. The lowest BCUT2D eigenvalue weighted by atomic mass is 10.1. The van der Waals surface area contributed by atoms with Gasteiger partial charge in [-0.1, -0.05) is 23.7 Å². The van der Waals surface area contributed by atoms with Gasteiger partial charge in [-0.3, -0.25) is 19.6 Å². The molecule has 0 aliphatic heterocycles. The number of benzene rings is 2. The fourth-order valence-corrected chi connectivity index (χ4v) is 2.95. The smallest absolute Gasteiger partial charge is 0.318 e. The summed E-state index contributed by atoms with van der Waals surface area (Å²) in [5, 5.41) is 14.9. The van der Waals surface area contributed by atoms with Crippen LogP contribution < -0.4 is 9.47 Å². The van der Waals surface area contributed by atoms with Gasteiger partial charge in [-0.15, -0.1) is 0 Å². The summed E-state index contributed by atoms with van der Waals surface area (Å²) in [6.07, 6.45) is 3.89. The van der Waals surface area contributed by atoms with Crippen LogP contribution >= 0.6 is 11.6 Å². The number of nitrogens with zero attached hydrogens (tertiary/aromatic N) is 3. The van der Waals surface area contributed by atoms with Crippen LogP contribution in [0.2, 0.25) is 5.02 Å². The number of ether oxygens (including phenoxy) is 2. The average molecular weight is 446 g/mol. The lowest BCUT2D eigenvalue weighted by molar-refractivity contribution is -0.385. The Morgan fingerprint density at radius 1 is 1.32 bits per heavy atom. The topological polar surface area (TPSA) is 96.5 Å². The van der Waals surface area contributed by atoms with Gasteiger partial charge in [-0.25, -0.2) is 4.39 Å². The van der Waals surface area contributed by atoms with Crippen LogP contribution in [0.5, 0.6) is 11.5 Å². The molecule has 10 heteroatoms. The van der Waals surface area contributed by atoms with Gasteiger partial charge in [0.05, 0.1) is 17.1 Å². The van der Waals surface area contributed by atoms with Crippen LogP contribution in [0, 0.1) is 15.9 Å². The van der Waals surface area contributed by atoms with E-state index in [0.29, 0.717) is 22.6 Å². The molecule has 0 amide bonds. The second kappa shape index (κ2) is 9.40. The maximum atomic E-state index is 13.3. The first-order chi connectivity index (χ1) is 14.8. The fraction of sp³-hybridized carbons (Fsp3) is 0.143. The number of carbonyl (C=O) groups excluding carboxylic acids is 1. The van der Waals surface area contributed by atoms with Crippen molar-refractivity contribution >= 4 is 29.1 Å². The Labute approximate surface area is 181 Å². The molecule has 2 aromatic carbocycles. The fourth-order valence-electron chi connectivity index (χ4n) is 2.78. The van der Waals surface area contributed by atoms with E-state index in [2.05, 4.69) is 5.10 Å². The van der Waals surface area contributed by atoms with Gasteiger partial charge in [0, 0.05) is 18.7 Å². The van der Waals surface area contributed by atoms with Crippen molar-refractivity contribution in [3.8, 4) is 11.5 Å². The van der Waals surface area contributed by atoms with Gasteiger partial charge in [0.2, 0.25) is 11.5 Å². The predicted octanol–water partition coefficient (Wildman–Crippen LogP) is 4.60. The molecule has 0 spiro atoms. The lowest BCUT2D eigenvalue weighted by Gasteiger charge is -2.11. The van der Waals surface area contributed by atoms with Gasteiger partial charge >= 0.3 is 5.69 Å². The molecule has 0 bridgehead atoms. The molecule has 0 aliphatic rings. The molecule has 0 saturated carbocycles. The summed E-state index contributed by atoms with van der Waals surface area (Å²) < 4.78 is 25.5.